The number of aliphatic carboxylic acids is 2. The molecule has 0 aromatic carbocycles. The maximum atomic E-state index is 12.2. The zero-order valence-corrected chi connectivity index (χ0v) is 12.6. The summed E-state index contributed by atoms with van der Waals surface area (Å²) in [5.74, 6) is -2.33. The molecule has 0 amide bonds. The van der Waals surface area contributed by atoms with Crippen molar-refractivity contribution in [3.8, 4) is 0 Å². The molecular formula is C12H22N2O6S. The van der Waals surface area contributed by atoms with E-state index in [1.165, 1.54) is 4.31 Å². The normalized spacial score (nSPS) is 18.9. The zero-order valence-electron chi connectivity index (χ0n) is 11.8. The molecule has 0 aromatic rings. The van der Waals surface area contributed by atoms with Crippen LogP contribution in [0.1, 0.15) is 44.9 Å². The van der Waals surface area contributed by atoms with Crippen LogP contribution in [0, 0.1) is 0 Å². The first-order valence-corrected chi connectivity index (χ1v) is 8.49. The predicted octanol–water partition coefficient (Wildman–Crippen LogP) is 0.405. The van der Waals surface area contributed by atoms with Crippen LogP contribution in [0.3, 0.4) is 0 Å². The van der Waals surface area contributed by atoms with Gasteiger partial charge in [0.25, 0.3) is 10.2 Å². The molecule has 1 fully saturated rings. The van der Waals surface area contributed by atoms with E-state index in [0.29, 0.717) is 13.1 Å². The zero-order chi connectivity index (χ0) is 15.9. The lowest BCUT2D eigenvalue weighted by molar-refractivity contribution is -0.140. The van der Waals surface area contributed by atoms with Crippen molar-refractivity contribution in [2.45, 2.75) is 51.0 Å². The van der Waals surface area contributed by atoms with E-state index in [4.69, 9.17) is 10.2 Å². The van der Waals surface area contributed by atoms with Crippen molar-refractivity contribution in [1.29, 1.82) is 0 Å². The predicted molar refractivity (Wildman–Crippen MR) is 75.0 cm³/mol. The maximum absolute atomic E-state index is 12.2. The quantitative estimate of drug-likeness (QED) is 0.594. The molecular weight excluding hydrogens is 300 g/mol. The molecule has 0 aliphatic carbocycles. The van der Waals surface area contributed by atoms with Crippen LogP contribution in [-0.2, 0) is 19.8 Å². The van der Waals surface area contributed by atoms with Crippen LogP contribution in [0.4, 0.5) is 0 Å². The van der Waals surface area contributed by atoms with Gasteiger partial charge in [0.1, 0.15) is 6.04 Å². The molecule has 0 bridgehead atoms. The lowest BCUT2D eigenvalue weighted by Gasteiger charge is -2.23. The third-order valence-electron chi connectivity index (χ3n) is 3.38. The number of nitrogens with one attached hydrogen (secondary N) is 1. The van der Waals surface area contributed by atoms with Crippen LogP contribution in [-0.4, -0.2) is 54.0 Å². The minimum Gasteiger partial charge on any atom is -0.481 e. The number of hydrogen-bond acceptors (Lipinski definition) is 4. The van der Waals surface area contributed by atoms with Crippen LogP contribution >= 0.6 is 0 Å². The Balaban J connectivity index is 2.62. The summed E-state index contributed by atoms with van der Waals surface area (Å²) in [6, 6.07) is -1.29. The number of nitrogens with zero attached hydrogens (tertiary/aromatic N) is 1. The van der Waals surface area contributed by atoms with Crippen molar-refractivity contribution in [2.24, 2.45) is 0 Å². The highest BCUT2D eigenvalue weighted by atomic mass is 32.2. The van der Waals surface area contributed by atoms with Crippen molar-refractivity contribution in [1.82, 2.24) is 9.03 Å². The van der Waals surface area contributed by atoms with Gasteiger partial charge in [-0.2, -0.15) is 17.4 Å². The fourth-order valence-electron chi connectivity index (χ4n) is 2.23. The second kappa shape index (κ2) is 8.30. The van der Waals surface area contributed by atoms with Crippen molar-refractivity contribution >= 4 is 22.1 Å². The molecule has 0 saturated carbocycles. The number of rotatable bonds is 8. The molecule has 0 unspecified atom stereocenters. The molecule has 1 aliphatic heterocycles. The van der Waals surface area contributed by atoms with Gasteiger partial charge in [-0.25, -0.2) is 0 Å². The molecule has 8 nitrogen and oxygen atoms in total. The number of carboxylic acid groups (broad SMARTS) is 2. The highest BCUT2D eigenvalue weighted by Gasteiger charge is 2.29. The van der Waals surface area contributed by atoms with Crippen molar-refractivity contribution < 1.29 is 28.2 Å². The van der Waals surface area contributed by atoms with E-state index in [1.54, 1.807) is 0 Å². The third-order valence-corrected chi connectivity index (χ3v) is 5.01. The van der Waals surface area contributed by atoms with Gasteiger partial charge in [0, 0.05) is 19.5 Å². The van der Waals surface area contributed by atoms with Crippen LogP contribution in [0.5, 0.6) is 0 Å². The Morgan fingerprint density at radius 2 is 1.67 bits per heavy atom. The van der Waals surface area contributed by atoms with E-state index in [1.807, 2.05) is 0 Å². The minimum absolute atomic E-state index is 0.0469. The van der Waals surface area contributed by atoms with E-state index in [0.717, 1.165) is 25.7 Å². The first-order valence-electron chi connectivity index (χ1n) is 7.05. The standard InChI is InChI=1S/C12H22N2O6S/c15-11(16)7-5-6-10(12(17)18)13-21(19,20)14-8-3-1-2-4-9-14/h10,13H,1-9H2,(H,15,16)(H,17,18)/t10-/m1/s1. The fourth-order valence-corrected chi connectivity index (χ4v) is 3.69. The highest BCUT2D eigenvalue weighted by molar-refractivity contribution is 7.87. The largest absolute Gasteiger partial charge is 0.481 e. The molecule has 0 radical (unpaired) electrons. The molecule has 1 rings (SSSR count). The van der Waals surface area contributed by atoms with Gasteiger partial charge in [0.2, 0.25) is 0 Å². The molecule has 122 valence electrons. The van der Waals surface area contributed by atoms with E-state index >= 15 is 0 Å². The Morgan fingerprint density at radius 3 is 2.14 bits per heavy atom. The smallest absolute Gasteiger partial charge is 0.321 e. The van der Waals surface area contributed by atoms with Crippen LogP contribution in [0.15, 0.2) is 0 Å². The lowest BCUT2D eigenvalue weighted by Crippen LogP contribution is -2.48. The SMILES string of the molecule is O=C(O)CCC[C@@H](NS(=O)(=O)N1CCCCCC1)C(=O)O. The summed E-state index contributed by atoms with van der Waals surface area (Å²) in [5.41, 5.74) is 0. The van der Waals surface area contributed by atoms with Crippen LogP contribution < -0.4 is 4.72 Å². The van der Waals surface area contributed by atoms with Crippen LogP contribution in [0.25, 0.3) is 0 Å². The van der Waals surface area contributed by atoms with Gasteiger partial charge >= 0.3 is 11.9 Å². The average Bonchev–Trinajstić information content (AvgIpc) is 2.66. The van der Waals surface area contributed by atoms with E-state index in [9.17, 15) is 18.0 Å². The van der Waals surface area contributed by atoms with Gasteiger partial charge in [0.15, 0.2) is 0 Å². The van der Waals surface area contributed by atoms with Gasteiger partial charge in [0.05, 0.1) is 0 Å². The Bertz CT molecular complexity index is 456. The van der Waals surface area contributed by atoms with Crippen molar-refractivity contribution in [2.75, 3.05) is 13.1 Å². The van der Waals surface area contributed by atoms with Crippen molar-refractivity contribution in [3.63, 3.8) is 0 Å². The Hall–Kier alpha value is -1.19. The van der Waals surface area contributed by atoms with Crippen molar-refractivity contribution in [3.05, 3.63) is 0 Å². The molecule has 21 heavy (non-hydrogen) atoms. The lowest BCUT2D eigenvalue weighted by atomic mass is 10.1. The summed E-state index contributed by atoms with van der Waals surface area (Å²) < 4.78 is 27.8. The van der Waals surface area contributed by atoms with Gasteiger partial charge in [-0.15, -0.1) is 0 Å². The summed E-state index contributed by atoms with van der Waals surface area (Å²) in [6.07, 6.45) is 3.33. The Kier molecular flexibility index (Phi) is 7.06. The molecule has 1 aliphatic rings. The summed E-state index contributed by atoms with van der Waals surface area (Å²) in [4.78, 5) is 21.5. The fraction of sp³-hybridized carbons (Fsp3) is 0.833. The topological polar surface area (TPSA) is 124 Å². The summed E-state index contributed by atoms with van der Waals surface area (Å²) >= 11 is 0. The summed E-state index contributed by atoms with van der Waals surface area (Å²) in [6.45, 7) is 0.771. The summed E-state index contributed by atoms with van der Waals surface area (Å²) in [5, 5.41) is 17.6. The van der Waals surface area contributed by atoms with E-state index in [-0.39, 0.29) is 19.3 Å². The van der Waals surface area contributed by atoms with E-state index in [2.05, 4.69) is 4.72 Å². The van der Waals surface area contributed by atoms with Gasteiger partial charge < -0.3 is 10.2 Å². The average molecular weight is 322 g/mol. The van der Waals surface area contributed by atoms with Gasteiger partial charge in [-0.1, -0.05) is 12.8 Å². The molecule has 9 heteroatoms. The molecule has 0 aromatic heterocycles. The monoisotopic (exact) mass is 322 g/mol. The second-order valence-corrected chi connectivity index (χ2v) is 6.82. The third kappa shape index (κ3) is 6.40. The molecule has 0 spiro atoms. The maximum Gasteiger partial charge on any atom is 0.321 e. The highest BCUT2D eigenvalue weighted by Crippen LogP contribution is 2.13. The van der Waals surface area contributed by atoms with E-state index < -0.39 is 28.2 Å². The molecule has 1 heterocycles. The number of carboxylic acids is 2. The van der Waals surface area contributed by atoms with Crippen LogP contribution in [0.2, 0.25) is 0 Å². The number of hydrogen-bond donors (Lipinski definition) is 3. The van der Waals surface area contributed by atoms with Gasteiger partial charge in [-0.3, -0.25) is 9.59 Å². The minimum atomic E-state index is -3.85. The number of carbonyl (C=O) groups is 2. The first kappa shape index (κ1) is 17.9. The van der Waals surface area contributed by atoms with Gasteiger partial charge in [-0.05, 0) is 25.7 Å². The summed E-state index contributed by atoms with van der Waals surface area (Å²) in [7, 11) is -3.85. The Morgan fingerprint density at radius 1 is 1.10 bits per heavy atom. The Labute approximate surface area is 124 Å². The first-order chi connectivity index (χ1) is 9.83. The molecule has 1 saturated heterocycles. The molecule has 3 N–H and O–H groups in total. The second-order valence-electron chi connectivity index (χ2n) is 5.11. The molecule has 1 atom stereocenters.